The first kappa shape index (κ1) is 19.8. The molecule has 0 aliphatic rings. The third kappa shape index (κ3) is 6.08. The van der Waals surface area contributed by atoms with E-state index in [-0.39, 0.29) is 6.61 Å². The van der Waals surface area contributed by atoms with Gasteiger partial charge in [-0.25, -0.2) is 14.2 Å². The van der Waals surface area contributed by atoms with E-state index < -0.39 is 23.2 Å². The number of nitriles is 1. The van der Waals surface area contributed by atoms with Gasteiger partial charge in [0.25, 0.3) is 0 Å². The van der Waals surface area contributed by atoms with E-state index in [2.05, 4.69) is 15.6 Å². The molecule has 0 fully saturated rings. The molecule has 0 saturated carbocycles. The molecule has 2 aromatic rings. The zero-order chi connectivity index (χ0) is 19.9. The van der Waals surface area contributed by atoms with Gasteiger partial charge in [-0.05, 0) is 44.2 Å². The normalized spacial score (nSPS) is 10.6. The fraction of sp³-hybridized carbons (Fsp3) is 0.263. The maximum Gasteiger partial charge on any atom is 0.411 e. The highest BCUT2D eigenvalue weighted by Crippen LogP contribution is 2.16. The molecular formula is C19H19FN4O3. The molecule has 2 N–H and O–H groups in total. The number of ether oxygens (including phenoxy) is 1. The molecule has 1 aromatic heterocycles. The lowest BCUT2D eigenvalue weighted by Gasteiger charge is -2.14. The minimum Gasteiger partial charge on any atom is -0.449 e. The topological polar surface area (TPSA) is 104 Å². The molecule has 0 unspecified atom stereocenters. The lowest BCUT2D eigenvalue weighted by atomic mass is 9.95. The van der Waals surface area contributed by atoms with Crippen molar-refractivity contribution >= 4 is 23.5 Å². The summed E-state index contributed by atoms with van der Waals surface area (Å²) < 4.78 is 18.1. The van der Waals surface area contributed by atoms with Gasteiger partial charge in [-0.2, -0.15) is 5.26 Å². The molecule has 27 heavy (non-hydrogen) atoms. The molecule has 0 aliphatic carbocycles. The minimum absolute atomic E-state index is 0.0508. The lowest BCUT2D eigenvalue weighted by molar-refractivity contribution is -0.121. The smallest absolute Gasteiger partial charge is 0.411 e. The predicted molar refractivity (Wildman–Crippen MR) is 97.3 cm³/mol. The van der Waals surface area contributed by atoms with Gasteiger partial charge in [0.2, 0.25) is 5.91 Å². The third-order valence-electron chi connectivity index (χ3n) is 3.56. The Kier molecular flexibility index (Phi) is 6.44. The van der Waals surface area contributed by atoms with Gasteiger partial charge in [0, 0.05) is 17.8 Å². The fourth-order valence-electron chi connectivity index (χ4n) is 1.98. The first-order valence-corrected chi connectivity index (χ1v) is 8.18. The SMILES string of the molecule is CC(C)(C#N)C(=O)Nc1cccc(CCOC(=O)Nc2cccc(F)c2)n1. The number of amides is 2. The van der Waals surface area contributed by atoms with Crippen LogP contribution >= 0.6 is 0 Å². The average Bonchev–Trinajstić information content (AvgIpc) is 2.62. The van der Waals surface area contributed by atoms with Gasteiger partial charge >= 0.3 is 6.09 Å². The molecule has 1 heterocycles. The summed E-state index contributed by atoms with van der Waals surface area (Å²) in [4.78, 5) is 28.0. The van der Waals surface area contributed by atoms with Crippen molar-refractivity contribution in [2.24, 2.45) is 5.41 Å². The van der Waals surface area contributed by atoms with Gasteiger partial charge in [0.1, 0.15) is 17.1 Å². The number of benzene rings is 1. The van der Waals surface area contributed by atoms with Crippen LogP contribution in [0.3, 0.4) is 0 Å². The van der Waals surface area contributed by atoms with Crippen molar-refractivity contribution in [1.82, 2.24) is 4.98 Å². The van der Waals surface area contributed by atoms with E-state index in [9.17, 15) is 14.0 Å². The Balaban J connectivity index is 1.85. The first-order valence-electron chi connectivity index (χ1n) is 8.18. The number of aromatic nitrogens is 1. The largest absolute Gasteiger partial charge is 0.449 e. The standard InChI is InChI=1S/C19H19FN4O3/c1-19(2,12-21)17(25)24-16-8-4-6-14(22-16)9-10-27-18(26)23-15-7-3-5-13(20)11-15/h3-8,11H,9-10H2,1-2H3,(H,23,26)(H,22,24,25). The van der Waals surface area contributed by atoms with E-state index in [4.69, 9.17) is 10.00 Å². The third-order valence-corrected chi connectivity index (χ3v) is 3.56. The van der Waals surface area contributed by atoms with Crippen molar-refractivity contribution in [3.8, 4) is 6.07 Å². The van der Waals surface area contributed by atoms with Crippen LogP contribution in [0.1, 0.15) is 19.5 Å². The van der Waals surface area contributed by atoms with Crippen molar-refractivity contribution in [1.29, 1.82) is 5.26 Å². The van der Waals surface area contributed by atoms with Crippen LogP contribution < -0.4 is 10.6 Å². The van der Waals surface area contributed by atoms with E-state index in [1.54, 1.807) is 24.3 Å². The molecule has 1 aromatic carbocycles. The molecule has 2 rings (SSSR count). The lowest BCUT2D eigenvalue weighted by Crippen LogP contribution is -2.29. The van der Waals surface area contributed by atoms with E-state index in [1.807, 2.05) is 6.07 Å². The van der Waals surface area contributed by atoms with Crippen molar-refractivity contribution in [2.75, 3.05) is 17.2 Å². The molecule has 140 valence electrons. The Labute approximate surface area is 156 Å². The second-order valence-electron chi connectivity index (χ2n) is 6.23. The first-order chi connectivity index (χ1) is 12.8. The van der Waals surface area contributed by atoms with Crippen molar-refractivity contribution < 1.29 is 18.7 Å². The molecular weight excluding hydrogens is 351 g/mol. The average molecular weight is 370 g/mol. The summed E-state index contributed by atoms with van der Waals surface area (Å²) in [7, 11) is 0. The molecule has 8 heteroatoms. The Bertz CT molecular complexity index is 877. The van der Waals surface area contributed by atoms with E-state index in [0.717, 1.165) is 0 Å². The summed E-state index contributed by atoms with van der Waals surface area (Å²) in [6.07, 6.45) is -0.386. The number of pyridine rings is 1. The molecule has 7 nitrogen and oxygen atoms in total. The van der Waals surface area contributed by atoms with Gasteiger partial charge in [0.05, 0.1) is 12.7 Å². The van der Waals surface area contributed by atoms with E-state index in [0.29, 0.717) is 23.6 Å². The summed E-state index contributed by atoms with van der Waals surface area (Å²) >= 11 is 0. The number of hydrogen-bond donors (Lipinski definition) is 2. The highest BCUT2D eigenvalue weighted by atomic mass is 19.1. The Morgan fingerprint density at radius 3 is 2.67 bits per heavy atom. The van der Waals surface area contributed by atoms with Gasteiger partial charge in [-0.3, -0.25) is 10.1 Å². The van der Waals surface area contributed by atoms with E-state index in [1.165, 1.54) is 32.0 Å². The number of hydrogen-bond acceptors (Lipinski definition) is 5. The number of nitrogens with one attached hydrogen (secondary N) is 2. The van der Waals surface area contributed by atoms with Gasteiger partial charge < -0.3 is 10.1 Å². The van der Waals surface area contributed by atoms with Crippen molar-refractivity contribution in [3.63, 3.8) is 0 Å². The Hall–Kier alpha value is -3.47. The minimum atomic E-state index is -1.17. The van der Waals surface area contributed by atoms with Crippen LogP contribution in [0.5, 0.6) is 0 Å². The fourth-order valence-corrected chi connectivity index (χ4v) is 1.98. The molecule has 0 aliphatic heterocycles. The van der Waals surface area contributed by atoms with E-state index >= 15 is 0 Å². The Morgan fingerprint density at radius 1 is 1.22 bits per heavy atom. The summed E-state index contributed by atoms with van der Waals surface area (Å²) in [5, 5.41) is 14.0. The quantitative estimate of drug-likeness (QED) is 0.810. The maximum absolute atomic E-state index is 13.1. The second kappa shape index (κ2) is 8.76. The van der Waals surface area contributed by atoms with Crippen LogP contribution in [-0.4, -0.2) is 23.6 Å². The number of carbonyl (C=O) groups is 2. The molecule has 0 atom stereocenters. The highest BCUT2D eigenvalue weighted by molar-refractivity contribution is 5.95. The maximum atomic E-state index is 13.1. The molecule has 0 saturated heterocycles. The molecule has 0 bridgehead atoms. The van der Waals surface area contributed by atoms with Crippen LogP contribution in [0.15, 0.2) is 42.5 Å². The Morgan fingerprint density at radius 2 is 1.96 bits per heavy atom. The highest BCUT2D eigenvalue weighted by Gasteiger charge is 2.27. The van der Waals surface area contributed by atoms with Crippen LogP contribution in [0.25, 0.3) is 0 Å². The summed E-state index contributed by atoms with van der Waals surface area (Å²) in [6.45, 7) is 3.07. The van der Waals surface area contributed by atoms with Crippen molar-refractivity contribution in [3.05, 3.63) is 54.0 Å². The predicted octanol–water partition coefficient (Wildman–Crippen LogP) is 3.50. The van der Waals surface area contributed by atoms with Gasteiger partial charge in [-0.15, -0.1) is 0 Å². The molecule has 2 amide bonds. The number of halogens is 1. The zero-order valence-corrected chi connectivity index (χ0v) is 15.0. The summed E-state index contributed by atoms with van der Waals surface area (Å²) in [5.74, 6) is -0.610. The van der Waals surface area contributed by atoms with Crippen LogP contribution in [-0.2, 0) is 16.0 Å². The second-order valence-corrected chi connectivity index (χ2v) is 6.23. The number of rotatable bonds is 6. The summed E-state index contributed by atoms with van der Waals surface area (Å²) in [5.41, 5.74) is -0.278. The monoisotopic (exact) mass is 370 g/mol. The number of nitrogens with zero attached hydrogens (tertiary/aromatic N) is 2. The number of carbonyl (C=O) groups excluding carboxylic acids is 2. The molecule has 0 radical (unpaired) electrons. The number of anilines is 2. The summed E-state index contributed by atoms with van der Waals surface area (Å²) in [6, 6.07) is 12.4. The van der Waals surface area contributed by atoms with Crippen molar-refractivity contribution in [2.45, 2.75) is 20.3 Å². The molecule has 0 spiro atoms. The van der Waals surface area contributed by atoms with Gasteiger partial charge in [-0.1, -0.05) is 12.1 Å². The van der Waals surface area contributed by atoms with Crippen LogP contribution in [0.4, 0.5) is 20.7 Å². The van der Waals surface area contributed by atoms with Crippen LogP contribution in [0.2, 0.25) is 0 Å². The van der Waals surface area contributed by atoms with Crippen LogP contribution in [0, 0.1) is 22.6 Å². The zero-order valence-electron chi connectivity index (χ0n) is 15.0. The van der Waals surface area contributed by atoms with Gasteiger partial charge in [0.15, 0.2) is 0 Å².